The number of carbonyl (C=O) groups excluding carboxylic acids is 1. The van der Waals surface area contributed by atoms with Crippen molar-refractivity contribution in [3.8, 4) is 22.9 Å². The van der Waals surface area contributed by atoms with E-state index in [1.54, 1.807) is 34.6 Å². The molecule has 1 amide bonds. The Labute approximate surface area is 225 Å². The summed E-state index contributed by atoms with van der Waals surface area (Å²) in [7, 11) is 1.81. The van der Waals surface area contributed by atoms with Gasteiger partial charge in [0.05, 0.1) is 23.6 Å². The molecule has 1 aliphatic carbocycles. The third-order valence-electron chi connectivity index (χ3n) is 7.13. The van der Waals surface area contributed by atoms with Crippen LogP contribution in [0.2, 0.25) is 5.02 Å². The summed E-state index contributed by atoms with van der Waals surface area (Å²) in [6.07, 6.45) is 2.99. The summed E-state index contributed by atoms with van der Waals surface area (Å²) in [6.45, 7) is 4.22. The van der Waals surface area contributed by atoms with Crippen LogP contribution in [-0.4, -0.2) is 32.0 Å². The maximum atomic E-state index is 13.3. The molecule has 1 aliphatic rings. The minimum Gasteiger partial charge on any atom is -0.493 e. The van der Waals surface area contributed by atoms with E-state index >= 15 is 0 Å². The highest BCUT2D eigenvalue weighted by Crippen LogP contribution is 2.38. The van der Waals surface area contributed by atoms with Crippen molar-refractivity contribution in [1.29, 1.82) is 0 Å². The molecule has 2 aromatic carbocycles. The van der Waals surface area contributed by atoms with Crippen molar-refractivity contribution in [2.45, 2.75) is 45.4 Å². The number of halogens is 1. The molecular formula is C28H30ClN5O4. The number of aromatic nitrogens is 4. The summed E-state index contributed by atoms with van der Waals surface area (Å²) in [4.78, 5) is 31.2. The number of hydrogen-bond donors (Lipinski definition) is 1. The Morgan fingerprint density at radius 2 is 2.00 bits per heavy atom. The Morgan fingerprint density at radius 3 is 2.76 bits per heavy atom. The van der Waals surface area contributed by atoms with Crippen molar-refractivity contribution in [2.24, 2.45) is 13.0 Å². The molecular weight excluding hydrogens is 506 g/mol. The lowest BCUT2D eigenvalue weighted by Gasteiger charge is -2.26. The lowest BCUT2D eigenvalue weighted by atomic mass is 9.80. The SMILES string of the molecule is CCOc1ccc(Cl)cc1-c1nc([C@H]2CCC[C@@H](C(=O)Nc3c(C)n(C)n(-c4ccccc4)c3=O)C2)no1. The Morgan fingerprint density at radius 1 is 1.21 bits per heavy atom. The number of carbonyl (C=O) groups is 1. The molecule has 38 heavy (non-hydrogen) atoms. The molecule has 2 aromatic heterocycles. The number of hydrogen-bond acceptors (Lipinski definition) is 6. The smallest absolute Gasteiger partial charge is 0.295 e. The van der Waals surface area contributed by atoms with Crippen molar-refractivity contribution in [3.05, 3.63) is 75.4 Å². The van der Waals surface area contributed by atoms with Crippen LogP contribution in [-0.2, 0) is 11.8 Å². The molecule has 0 spiro atoms. The van der Waals surface area contributed by atoms with Gasteiger partial charge in [-0.05, 0) is 63.4 Å². The third kappa shape index (κ3) is 4.98. The van der Waals surface area contributed by atoms with E-state index in [0.717, 1.165) is 24.9 Å². The van der Waals surface area contributed by atoms with Gasteiger partial charge in [-0.3, -0.25) is 14.3 Å². The first kappa shape index (κ1) is 25.8. The number of ether oxygens (including phenoxy) is 1. The number of anilines is 1. The minimum atomic E-state index is -0.273. The first-order chi connectivity index (χ1) is 18.4. The molecule has 1 fully saturated rings. The highest BCUT2D eigenvalue weighted by Gasteiger charge is 2.32. The fraction of sp³-hybridized carbons (Fsp3) is 0.357. The van der Waals surface area contributed by atoms with Crippen molar-refractivity contribution in [2.75, 3.05) is 11.9 Å². The number of amides is 1. The van der Waals surface area contributed by atoms with Crippen LogP contribution in [0.5, 0.6) is 5.75 Å². The van der Waals surface area contributed by atoms with Gasteiger partial charge in [-0.1, -0.05) is 41.4 Å². The molecule has 0 radical (unpaired) electrons. The fourth-order valence-corrected chi connectivity index (χ4v) is 5.23. The van der Waals surface area contributed by atoms with E-state index < -0.39 is 0 Å². The van der Waals surface area contributed by atoms with Crippen LogP contribution in [0.4, 0.5) is 5.69 Å². The number of benzene rings is 2. The average molecular weight is 536 g/mol. The lowest BCUT2D eigenvalue weighted by molar-refractivity contribution is -0.121. The predicted octanol–water partition coefficient (Wildman–Crippen LogP) is 5.50. The zero-order chi connectivity index (χ0) is 26.8. The zero-order valence-corrected chi connectivity index (χ0v) is 22.4. The van der Waals surface area contributed by atoms with E-state index in [-0.39, 0.29) is 23.3 Å². The fourth-order valence-electron chi connectivity index (χ4n) is 5.06. The molecule has 0 saturated heterocycles. The van der Waals surface area contributed by atoms with Crippen LogP contribution in [0.15, 0.2) is 57.8 Å². The first-order valence-corrected chi connectivity index (χ1v) is 13.2. The van der Waals surface area contributed by atoms with Crippen molar-refractivity contribution < 1.29 is 14.1 Å². The maximum Gasteiger partial charge on any atom is 0.295 e. The predicted molar refractivity (Wildman–Crippen MR) is 145 cm³/mol. The van der Waals surface area contributed by atoms with E-state index in [1.807, 2.05) is 44.2 Å². The van der Waals surface area contributed by atoms with Crippen LogP contribution in [0.1, 0.15) is 50.0 Å². The second kappa shape index (κ2) is 10.9. The van der Waals surface area contributed by atoms with Crippen molar-refractivity contribution in [1.82, 2.24) is 19.5 Å². The Hall–Kier alpha value is -3.85. The van der Waals surface area contributed by atoms with Gasteiger partial charge in [0, 0.05) is 23.9 Å². The Kier molecular flexibility index (Phi) is 7.37. The van der Waals surface area contributed by atoms with Gasteiger partial charge in [0.1, 0.15) is 11.4 Å². The van der Waals surface area contributed by atoms with Gasteiger partial charge in [0.15, 0.2) is 5.82 Å². The summed E-state index contributed by atoms with van der Waals surface area (Å²) in [5, 5.41) is 7.69. The van der Waals surface area contributed by atoms with Crippen molar-refractivity contribution in [3.63, 3.8) is 0 Å². The molecule has 9 nitrogen and oxygen atoms in total. The third-order valence-corrected chi connectivity index (χ3v) is 7.36. The van der Waals surface area contributed by atoms with Gasteiger partial charge in [-0.2, -0.15) is 4.98 Å². The molecule has 10 heteroatoms. The molecule has 198 valence electrons. The Balaban J connectivity index is 1.33. The number of rotatable bonds is 7. The van der Waals surface area contributed by atoms with Crippen LogP contribution >= 0.6 is 11.6 Å². The van der Waals surface area contributed by atoms with Crippen LogP contribution in [0.3, 0.4) is 0 Å². The molecule has 0 unspecified atom stereocenters. The monoisotopic (exact) mass is 535 g/mol. The number of nitrogens with zero attached hydrogens (tertiary/aromatic N) is 4. The van der Waals surface area contributed by atoms with Crippen molar-refractivity contribution >= 4 is 23.2 Å². The molecule has 2 atom stereocenters. The summed E-state index contributed by atoms with van der Waals surface area (Å²) >= 11 is 6.20. The van der Waals surface area contributed by atoms with Gasteiger partial charge in [-0.25, -0.2) is 4.68 Å². The molecule has 0 aliphatic heterocycles. The van der Waals surface area contributed by atoms with E-state index in [4.69, 9.17) is 20.9 Å². The molecule has 1 saturated carbocycles. The van der Waals surface area contributed by atoms with Gasteiger partial charge >= 0.3 is 0 Å². The normalized spacial score (nSPS) is 17.4. The highest BCUT2D eigenvalue weighted by molar-refractivity contribution is 6.30. The standard InChI is InChI=1S/C28H30ClN5O4/c1-4-37-23-14-13-20(29)16-22(23)27-31-25(32-38-27)18-9-8-10-19(15-18)26(35)30-24-17(2)33(3)34(28(24)36)21-11-6-5-7-12-21/h5-7,11-14,16,18-19H,4,8-10,15H2,1-3H3,(H,30,35)/t18-,19+/m0/s1. The summed E-state index contributed by atoms with van der Waals surface area (Å²) < 4.78 is 14.6. The average Bonchev–Trinajstić information content (AvgIpc) is 3.50. The Bertz CT molecular complexity index is 1510. The molecule has 4 aromatic rings. The summed E-state index contributed by atoms with van der Waals surface area (Å²) in [5.41, 5.74) is 2.11. The van der Waals surface area contributed by atoms with E-state index in [9.17, 15) is 9.59 Å². The second-order valence-corrected chi connectivity index (χ2v) is 9.95. The number of para-hydroxylation sites is 1. The van der Waals surface area contributed by atoms with E-state index in [0.29, 0.717) is 52.5 Å². The van der Waals surface area contributed by atoms with Crippen LogP contribution in [0, 0.1) is 12.8 Å². The maximum absolute atomic E-state index is 13.3. The zero-order valence-electron chi connectivity index (χ0n) is 21.6. The molecule has 2 heterocycles. The largest absolute Gasteiger partial charge is 0.493 e. The topological polar surface area (TPSA) is 104 Å². The quantitative estimate of drug-likeness (QED) is 0.335. The van der Waals surface area contributed by atoms with E-state index in [1.165, 1.54) is 0 Å². The van der Waals surface area contributed by atoms with E-state index in [2.05, 4.69) is 15.5 Å². The summed E-state index contributed by atoms with van der Waals surface area (Å²) in [6, 6.07) is 14.6. The molecule has 1 N–H and O–H groups in total. The first-order valence-electron chi connectivity index (χ1n) is 12.8. The van der Waals surface area contributed by atoms with Gasteiger partial charge in [0.25, 0.3) is 11.4 Å². The summed E-state index contributed by atoms with van der Waals surface area (Å²) in [5.74, 6) is 1.03. The van der Waals surface area contributed by atoms with Gasteiger partial charge in [-0.15, -0.1) is 0 Å². The second-order valence-electron chi connectivity index (χ2n) is 9.52. The van der Waals surface area contributed by atoms with Gasteiger partial charge < -0.3 is 14.6 Å². The number of nitrogens with one attached hydrogen (secondary N) is 1. The van der Waals surface area contributed by atoms with Gasteiger partial charge in [0.2, 0.25) is 5.91 Å². The highest BCUT2D eigenvalue weighted by atomic mass is 35.5. The minimum absolute atomic E-state index is 0.0374. The van der Waals surface area contributed by atoms with Crippen LogP contribution < -0.4 is 15.6 Å². The molecule has 5 rings (SSSR count). The van der Waals surface area contributed by atoms with Crippen LogP contribution in [0.25, 0.3) is 17.1 Å². The lowest BCUT2D eigenvalue weighted by Crippen LogP contribution is -2.30. The molecule has 0 bridgehead atoms.